The van der Waals surface area contributed by atoms with Gasteiger partial charge in [0.2, 0.25) is 11.8 Å². The predicted molar refractivity (Wildman–Crippen MR) is 137 cm³/mol. The average molecular weight is 490 g/mol. The lowest BCUT2D eigenvalue weighted by Gasteiger charge is -2.31. The van der Waals surface area contributed by atoms with E-state index in [2.05, 4.69) is 41.8 Å². The monoisotopic (exact) mass is 489 g/mol. The molecule has 0 aromatic heterocycles. The molecule has 3 amide bonds. The summed E-state index contributed by atoms with van der Waals surface area (Å²) in [4.78, 5) is 38.5. The van der Waals surface area contributed by atoms with Crippen molar-refractivity contribution in [1.29, 1.82) is 0 Å². The Balaban J connectivity index is 1.25. The van der Waals surface area contributed by atoms with Crippen LogP contribution in [-0.2, 0) is 22.7 Å². The lowest BCUT2D eigenvalue weighted by atomic mass is 9.78. The van der Waals surface area contributed by atoms with Gasteiger partial charge < -0.3 is 15.0 Å². The second-order valence-corrected chi connectivity index (χ2v) is 10.2. The summed E-state index contributed by atoms with van der Waals surface area (Å²) in [6.45, 7) is 5.21. The molecule has 190 valence electrons. The molecule has 5 rings (SSSR count). The first kappa shape index (κ1) is 24.5. The molecular formula is C29H35N3O4. The van der Waals surface area contributed by atoms with Gasteiger partial charge >= 0.3 is 0 Å². The van der Waals surface area contributed by atoms with Crippen LogP contribution in [0.15, 0.2) is 42.5 Å². The van der Waals surface area contributed by atoms with Gasteiger partial charge in [0.15, 0.2) is 0 Å². The maximum Gasteiger partial charge on any atom is 0.255 e. The lowest BCUT2D eigenvalue weighted by molar-refractivity contribution is -0.136. The highest BCUT2D eigenvalue weighted by Crippen LogP contribution is 2.36. The van der Waals surface area contributed by atoms with E-state index in [0.717, 1.165) is 30.1 Å². The standard InChI is InChI=1S/C29H35N3O4/c1-2-4-22(21-13-15-30-16-14-21)20-9-7-19(8-10-20)18-36-26-6-3-5-23-24(26)17-32(29(23)35)25-11-12-27(33)31-28(25)34/h3,5-10,21-22,25,30H,2,4,11-18H2,1H3,(H,31,33,34). The molecular weight excluding hydrogens is 454 g/mol. The summed E-state index contributed by atoms with van der Waals surface area (Å²) in [6.07, 6.45) is 5.48. The predicted octanol–water partition coefficient (Wildman–Crippen LogP) is 3.91. The van der Waals surface area contributed by atoms with E-state index in [1.165, 1.54) is 31.2 Å². The largest absolute Gasteiger partial charge is 0.489 e. The molecule has 3 heterocycles. The maximum absolute atomic E-state index is 13.0. The van der Waals surface area contributed by atoms with E-state index < -0.39 is 11.9 Å². The van der Waals surface area contributed by atoms with Crippen LogP contribution in [0, 0.1) is 5.92 Å². The van der Waals surface area contributed by atoms with Gasteiger partial charge in [0.1, 0.15) is 18.4 Å². The van der Waals surface area contributed by atoms with Crippen LogP contribution < -0.4 is 15.4 Å². The summed E-state index contributed by atoms with van der Waals surface area (Å²) in [5, 5.41) is 5.83. The zero-order valence-corrected chi connectivity index (χ0v) is 20.9. The highest BCUT2D eigenvalue weighted by molar-refractivity contribution is 6.05. The smallest absolute Gasteiger partial charge is 0.255 e. The van der Waals surface area contributed by atoms with Crippen molar-refractivity contribution < 1.29 is 19.1 Å². The molecule has 2 aromatic carbocycles. The van der Waals surface area contributed by atoms with Gasteiger partial charge in [-0.2, -0.15) is 0 Å². The number of carbonyl (C=O) groups excluding carboxylic acids is 3. The van der Waals surface area contributed by atoms with Crippen molar-refractivity contribution in [3.8, 4) is 5.75 Å². The van der Waals surface area contributed by atoms with E-state index in [1.807, 2.05) is 12.1 Å². The Morgan fingerprint density at radius 3 is 2.53 bits per heavy atom. The topological polar surface area (TPSA) is 87.7 Å². The third-order valence-corrected chi connectivity index (χ3v) is 7.89. The molecule has 0 saturated carbocycles. The Kier molecular flexibility index (Phi) is 7.37. The molecule has 2 aromatic rings. The van der Waals surface area contributed by atoms with Crippen LogP contribution in [0.25, 0.3) is 0 Å². The Hall–Kier alpha value is -3.19. The molecule has 3 aliphatic heterocycles. The van der Waals surface area contributed by atoms with Crippen molar-refractivity contribution in [2.24, 2.45) is 5.92 Å². The molecule has 3 aliphatic rings. The lowest BCUT2D eigenvalue weighted by Crippen LogP contribution is -2.52. The summed E-state index contributed by atoms with van der Waals surface area (Å²) in [5.41, 5.74) is 3.87. The summed E-state index contributed by atoms with van der Waals surface area (Å²) in [6, 6.07) is 13.7. The van der Waals surface area contributed by atoms with E-state index in [1.54, 1.807) is 11.0 Å². The number of hydrogen-bond acceptors (Lipinski definition) is 5. The van der Waals surface area contributed by atoms with Gasteiger partial charge in [-0.3, -0.25) is 19.7 Å². The normalized spacial score (nSPS) is 21.3. The SMILES string of the molecule is CCCC(c1ccc(COc2cccc3c2CN(C2CCC(=O)NC2=O)C3=O)cc1)C1CCNCC1. The second kappa shape index (κ2) is 10.8. The minimum Gasteiger partial charge on any atom is -0.489 e. The van der Waals surface area contributed by atoms with Gasteiger partial charge in [-0.05, 0) is 73.9 Å². The molecule has 2 fully saturated rings. The fourth-order valence-corrected chi connectivity index (χ4v) is 5.95. The molecule has 0 bridgehead atoms. The molecule has 7 heteroatoms. The van der Waals surface area contributed by atoms with E-state index in [0.29, 0.717) is 36.8 Å². The van der Waals surface area contributed by atoms with Crippen LogP contribution in [0.2, 0.25) is 0 Å². The minimum atomic E-state index is -0.626. The number of piperidine rings is 2. The summed E-state index contributed by atoms with van der Waals surface area (Å²) >= 11 is 0. The number of ether oxygens (including phenoxy) is 1. The summed E-state index contributed by atoms with van der Waals surface area (Å²) in [7, 11) is 0. The quantitative estimate of drug-likeness (QED) is 0.549. The number of fused-ring (bicyclic) bond motifs is 1. The van der Waals surface area contributed by atoms with Crippen molar-refractivity contribution in [1.82, 2.24) is 15.5 Å². The maximum atomic E-state index is 13.0. The molecule has 2 saturated heterocycles. The molecule has 0 spiro atoms. The van der Waals surface area contributed by atoms with E-state index in [9.17, 15) is 14.4 Å². The number of carbonyl (C=O) groups is 3. The van der Waals surface area contributed by atoms with Crippen LogP contribution in [0.4, 0.5) is 0 Å². The van der Waals surface area contributed by atoms with Gasteiger partial charge in [-0.1, -0.05) is 43.7 Å². The van der Waals surface area contributed by atoms with Crippen molar-refractivity contribution in [2.45, 2.75) is 70.6 Å². The fourth-order valence-electron chi connectivity index (χ4n) is 5.95. The van der Waals surface area contributed by atoms with E-state index >= 15 is 0 Å². The number of nitrogens with zero attached hydrogens (tertiary/aromatic N) is 1. The van der Waals surface area contributed by atoms with Crippen LogP contribution in [0.3, 0.4) is 0 Å². The van der Waals surface area contributed by atoms with Crippen LogP contribution in [-0.4, -0.2) is 41.8 Å². The van der Waals surface area contributed by atoms with E-state index in [-0.39, 0.29) is 18.2 Å². The zero-order chi connectivity index (χ0) is 25.1. The number of imide groups is 1. The van der Waals surface area contributed by atoms with Crippen molar-refractivity contribution in [3.63, 3.8) is 0 Å². The minimum absolute atomic E-state index is 0.186. The molecule has 0 radical (unpaired) electrons. The highest BCUT2D eigenvalue weighted by atomic mass is 16.5. The average Bonchev–Trinajstić information content (AvgIpc) is 3.23. The number of benzene rings is 2. The first-order chi connectivity index (χ1) is 17.5. The Morgan fingerprint density at radius 1 is 1.03 bits per heavy atom. The van der Waals surface area contributed by atoms with Gasteiger partial charge in [-0.25, -0.2) is 0 Å². The molecule has 2 N–H and O–H groups in total. The van der Waals surface area contributed by atoms with Crippen molar-refractivity contribution >= 4 is 17.7 Å². The Bertz CT molecular complexity index is 1120. The third-order valence-electron chi connectivity index (χ3n) is 7.89. The Morgan fingerprint density at radius 2 is 1.81 bits per heavy atom. The summed E-state index contributed by atoms with van der Waals surface area (Å²) < 4.78 is 6.19. The number of hydrogen-bond donors (Lipinski definition) is 2. The Labute approximate surface area is 212 Å². The highest BCUT2D eigenvalue weighted by Gasteiger charge is 2.40. The van der Waals surface area contributed by atoms with Gasteiger partial charge in [0, 0.05) is 17.5 Å². The zero-order valence-electron chi connectivity index (χ0n) is 20.9. The third kappa shape index (κ3) is 5.03. The molecule has 7 nitrogen and oxygen atoms in total. The van der Waals surface area contributed by atoms with Crippen LogP contribution in [0.1, 0.15) is 78.4 Å². The first-order valence-corrected chi connectivity index (χ1v) is 13.2. The molecule has 2 unspecified atom stereocenters. The number of rotatable bonds is 8. The molecule has 0 aliphatic carbocycles. The van der Waals surface area contributed by atoms with Gasteiger partial charge in [0.25, 0.3) is 5.91 Å². The number of nitrogens with one attached hydrogen (secondary N) is 2. The van der Waals surface area contributed by atoms with Crippen LogP contribution in [0.5, 0.6) is 5.75 Å². The molecule has 36 heavy (non-hydrogen) atoms. The van der Waals surface area contributed by atoms with Crippen molar-refractivity contribution in [2.75, 3.05) is 13.1 Å². The van der Waals surface area contributed by atoms with E-state index in [4.69, 9.17) is 4.74 Å². The van der Waals surface area contributed by atoms with Crippen LogP contribution >= 0.6 is 0 Å². The first-order valence-electron chi connectivity index (χ1n) is 13.2. The number of amides is 3. The van der Waals surface area contributed by atoms with Gasteiger partial charge in [-0.15, -0.1) is 0 Å². The summed E-state index contributed by atoms with van der Waals surface area (Å²) in [5.74, 6) is 1.14. The second-order valence-electron chi connectivity index (χ2n) is 10.2. The molecule has 2 atom stereocenters. The van der Waals surface area contributed by atoms with Crippen molar-refractivity contribution in [3.05, 3.63) is 64.7 Å². The fraction of sp³-hybridized carbons (Fsp3) is 0.483. The van der Waals surface area contributed by atoms with Gasteiger partial charge in [0.05, 0.1) is 6.54 Å².